The van der Waals surface area contributed by atoms with Crippen molar-refractivity contribution in [2.24, 2.45) is 0 Å². The van der Waals surface area contributed by atoms with Gasteiger partial charge in [-0.2, -0.15) is 0 Å². The summed E-state index contributed by atoms with van der Waals surface area (Å²) in [6, 6.07) is 7.08. The minimum atomic E-state index is -0.351. The second-order valence-electron chi connectivity index (χ2n) is 6.36. The fourth-order valence-corrected chi connectivity index (χ4v) is 2.81. The summed E-state index contributed by atoms with van der Waals surface area (Å²) in [4.78, 5) is 25.4. The van der Waals surface area contributed by atoms with Gasteiger partial charge in [-0.15, -0.1) is 0 Å². The molecule has 1 aromatic carbocycles. The Labute approximate surface area is 160 Å². The maximum Gasteiger partial charge on any atom is 0.325 e. The summed E-state index contributed by atoms with van der Waals surface area (Å²) in [6.07, 6.45) is 9.66. The van der Waals surface area contributed by atoms with Gasteiger partial charge in [-0.05, 0) is 30.7 Å². The molecule has 140 valence electrons. The third kappa shape index (κ3) is 9.63. The van der Waals surface area contributed by atoms with Crippen LogP contribution < -0.4 is 0 Å². The van der Waals surface area contributed by atoms with Gasteiger partial charge in [-0.3, -0.25) is 9.59 Å². The van der Waals surface area contributed by atoms with Crippen LogP contribution in [0, 0.1) is 0 Å². The number of esters is 1. The zero-order valence-corrected chi connectivity index (χ0v) is 17.0. The van der Waals surface area contributed by atoms with E-state index in [2.05, 4.69) is 22.9 Å². The number of ether oxygens (including phenoxy) is 1. The highest BCUT2D eigenvalue weighted by molar-refractivity contribution is 9.10. The summed E-state index contributed by atoms with van der Waals surface area (Å²) in [5.41, 5.74) is 0.557. The van der Waals surface area contributed by atoms with Gasteiger partial charge in [-0.25, -0.2) is 0 Å². The van der Waals surface area contributed by atoms with Crippen LogP contribution in [-0.4, -0.2) is 37.0 Å². The van der Waals surface area contributed by atoms with E-state index < -0.39 is 0 Å². The van der Waals surface area contributed by atoms with Crippen LogP contribution >= 0.6 is 15.9 Å². The summed E-state index contributed by atoms with van der Waals surface area (Å²) in [5.74, 6) is -0.535. The molecule has 4 nitrogen and oxygen atoms in total. The summed E-state index contributed by atoms with van der Waals surface area (Å²) < 4.78 is 6.14. The molecule has 0 aromatic heterocycles. The van der Waals surface area contributed by atoms with Gasteiger partial charge in [0.25, 0.3) is 5.91 Å². The molecule has 0 aliphatic rings. The fourth-order valence-electron chi connectivity index (χ4n) is 2.55. The van der Waals surface area contributed by atoms with Gasteiger partial charge < -0.3 is 9.64 Å². The lowest BCUT2D eigenvalue weighted by Gasteiger charge is -2.16. The molecule has 0 fully saturated rings. The number of halogens is 1. The number of carbonyl (C=O) groups excluding carboxylic acids is 2. The van der Waals surface area contributed by atoms with E-state index >= 15 is 0 Å². The Morgan fingerprint density at radius 1 is 0.960 bits per heavy atom. The summed E-state index contributed by atoms with van der Waals surface area (Å²) >= 11 is 3.33. The first-order chi connectivity index (χ1) is 12.0. The molecule has 0 spiro atoms. The van der Waals surface area contributed by atoms with E-state index in [9.17, 15) is 9.59 Å². The lowest BCUT2D eigenvalue weighted by Crippen LogP contribution is -2.33. The lowest BCUT2D eigenvalue weighted by atomic mass is 10.1. The SMILES string of the molecule is CCCCCCCCCCOC(=O)CN(C)C(=O)c1ccc(Br)cc1. The van der Waals surface area contributed by atoms with Crippen molar-refractivity contribution in [3.05, 3.63) is 34.3 Å². The molecule has 0 aliphatic heterocycles. The zero-order chi connectivity index (χ0) is 18.5. The van der Waals surface area contributed by atoms with E-state index in [1.807, 2.05) is 12.1 Å². The van der Waals surface area contributed by atoms with Crippen LogP contribution in [0.25, 0.3) is 0 Å². The second kappa shape index (κ2) is 12.9. The minimum absolute atomic E-state index is 0.0219. The molecular formula is C20H30BrNO3. The average molecular weight is 412 g/mol. The zero-order valence-electron chi connectivity index (χ0n) is 15.4. The van der Waals surface area contributed by atoms with Gasteiger partial charge in [-0.1, -0.05) is 67.8 Å². The van der Waals surface area contributed by atoms with Gasteiger partial charge >= 0.3 is 5.97 Å². The second-order valence-corrected chi connectivity index (χ2v) is 7.28. The van der Waals surface area contributed by atoms with Crippen LogP contribution in [0.4, 0.5) is 0 Å². The number of carbonyl (C=O) groups is 2. The summed E-state index contributed by atoms with van der Waals surface area (Å²) in [5, 5.41) is 0. The van der Waals surface area contributed by atoms with Crippen LogP contribution in [0.15, 0.2) is 28.7 Å². The number of rotatable bonds is 12. The minimum Gasteiger partial charge on any atom is -0.464 e. The van der Waals surface area contributed by atoms with E-state index in [0.29, 0.717) is 12.2 Å². The predicted octanol–water partition coefficient (Wildman–Crippen LogP) is 5.21. The van der Waals surface area contributed by atoms with E-state index in [1.54, 1.807) is 19.2 Å². The molecule has 0 saturated heterocycles. The van der Waals surface area contributed by atoms with Crippen molar-refractivity contribution < 1.29 is 14.3 Å². The third-order valence-electron chi connectivity index (χ3n) is 4.07. The number of hydrogen-bond acceptors (Lipinski definition) is 3. The number of amides is 1. The first kappa shape index (κ1) is 21.7. The topological polar surface area (TPSA) is 46.6 Å². The number of unbranched alkanes of at least 4 members (excludes halogenated alkanes) is 7. The first-order valence-corrected chi connectivity index (χ1v) is 10.0. The van der Waals surface area contributed by atoms with Gasteiger partial charge in [0.05, 0.1) is 6.61 Å². The van der Waals surface area contributed by atoms with E-state index in [-0.39, 0.29) is 18.4 Å². The average Bonchev–Trinajstić information content (AvgIpc) is 2.60. The molecule has 1 amide bonds. The summed E-state index contributed by atoms with van der Waals surface area (Å²) in [6.45, 7) is 2.64. The molecule has 1 rings (SSSR count). The molecule has 25 heavy (non-hydrogen) atoms. The monoisotopic (exact) mass is 411 g/mol. The van der Waals surface area contributed by atoms with Crippen LogP contribution in [0.5, 0.6) is 0 Å². The van der Waals surface area contributed by atoms with Gasteiger partial charge in [0.15, 0.2) is 0 Å². The van der Waals surface area contributed by atoms with E-state index in [0.717, 1.165) is 17.3 Å². The van der Waals surface area contributed by atoms with E-state index in [1.165, 1.54) is 43.4 Å². The van der Waals surface area contributed by atoms with Crippen molar-refractivity contribution in [2.75, 3.05) is 20.2 Å². The molecule has 0 atom stereocenters. The Kier molecular flexibility index (Phi) is 11.2. The highest BCUT2D eigenvalue weighted by Gasteiger charge is 2.15. The predicted molar refractivity (Wildman–Crippen MR) is 105 cm³/mol. The molecular weight excluding hydrogens is 382 g/mol. The molecule has 0 N–H and O–H groups in total. The number of likely N-dealkylation sites (N-methyl/N-ethyl adjacent to an activating group) is 1. The van der Waals surface area contributed by atoms with Crippen molar-refractivity contribution >= 4 is 27.8 Å². The number of benzene rings is 1. The third-order valence-corrected chi connectivity index (χ3v) is 4.59. The van der Waals surface area contributed by atoms with Crippen molar-refractivity contribution in [1.82, 2.24) is 4.90 Å². The molecule has 0 aliphatic carbocycles. The molecule has 1 aromatic rings. The maximum atomic E-state index is 12.2. The van der Waals surface area contributed by atoms with Crippen molar-refractivity contribution in [3.8, 4) is 0 Å². The Balaban J connectivity index is 2.13. The highest BCUT2D eigenvalue weighted by Crippen LogP contribution is 2.12. The standard InChI is InChI=1S/C20H30BrNO3/c1-3-4-5-6-7-8-9-10-15-25-19(23)16-22(2)20(24)17-11-13-18(21)14-12-17/h11-14H,3-10,15-16H2,1-2H3. The lowest BCUT2D eigenvalue weighted by molar-refractivity contribution is -0.144. The van der Waals surface area contributed by atoms with Crippen LogP contribution in [0.3, 0.4) is 0 Å². The quantitative estimate of drug-likeness (QED) is 0.350. The Morgan fingerprint density at radius 3 is 2.12 bits per heavy atom. The smallest absolute Gasteiger partial charge is 0.325 e. The van der Waals surface area contributed by atoms with Gasteiger partial charge in [0.2, 0.25) is 0 Å². The molecule has 0 saturated carbocycles. The van der Waals surface area contributed by atoms with Crippen LogP contribution in [0.1, 0.15) is 68.6 Å². The van der Waals surface area contributed by atoms with Crippen molar-refractivity contribution in [1.29, 1.82) is 0 Å². The maximum absolute atomic E-state index is 12.2. The molecule has 0 heterocycles. The molecule has 0 unspecified atom stereocenters. The number of hydrogen-bond donors (Lipinski definition) is 0. The first-order valence-electron chi connectivity index (χ1n) is 9.21. The van der Waals surface area contributed by atoms with E-state index in [4.69, 9.17) is 4.74 Å². The molecule has 0 radical (unpaired) electrons. The molecule has 0 bridgehead atoms. The van der Waals surface area contributed by atoms with Crippen molar-refractivity contribution in [3.63, 3.8) is 0 Å². The Hall–Kier alpha value is -1.36. The Bertz CT molecular complexity index is 516. The fraction of sp³-hybridized carbons (Fsp3) is 0.600. The van der Waals surface area contributed by atoms with Crippen molar-refractivity contribution in [2.45, 2.75) is 58.3 Å². The largest absolute Gasteiger partial charge is 0.464 e. The van der Waals surface area contributed by atoms with Crippen LogP contribution in [-0.2, 0) is 9.53 Å². The normalized spacial score (nSPS) is 10.5. The van der Waals surface area contributed by atoms with Gasteiger partial charge in [0.1, 0.15) is 6.54 Å². The highest BCUT2D eigenvalue weighted by atomic mass is 79.9. The summed E-state index contributed by atoms with van der Waals surface area (Å²) in [7, 11) is 1.61. The van der Waals surface area contributed by atoms with Gasteiger partial charge in [0, 0.05) is 17.1 Å². The van der Waals surface area contributed by atoms with Crippen LogP contribution in [0.2, 0.25) is 0 Å². The molecule has 5 heteroatoms. The Morgan fingerprint density at radius 2 is 1.52 bits per heavy atom. The number of nitrogens with zero attached hydrogens (tertiary/aromatic N) is 1.